The van der Waals surface area contributed by atoms with E-state index >= 15 is 0 Å². The molecule has 1 unspecified atom stereocenters. The summed E-state index contributed by atoms with van der Waals surface area (Å²) in [6.45, 7) is 2.62. The first-order valence-electron chi connectivity index (χ1n) is 7.75. The van der Waals surface area contributed by atoms with Gasteiger partial charge in [0.15, 0.2) is 0 Å². The highest BCUT2D eigenvalue weighted by atomic mass is 32.3. The average Bonchev–Trinajstić information content (AvgIpc) is 2.54. The van der Waals surface area contributed by atoms with Crippen molar-refractivity contribution in [1.29, 1.82) is 0 Å². The van der Waals surface area contributed by atoms with Crippen LogP contribution in [0.1, 0.15) is 36.5 Å². The Morgan fingerprint density at radius 3 is 2.50 bits per heavy atom. The molecule has 1 aliphatic rings. The van der Waals surface area contributed by atoms with Gasteiger partial charge in [-0.2, -0.15) is 8.42 Å². The topological polar surface area (TPSA) is 91.8 Å². The van der Waals surface area contributed by atoms with E-state index in [-0.39, 0.29) is 17.4 Å². The van der Waals surface area contributed by atoms with Gasteiger partial charge in [0.2, 0.25) is 0 Å². The van der Waals surface area contributed by atoms with Gasteiger partial charge in [-0.15, -0.1) is 3.89 Å². The van der Waals surface area contributed by atoms with Gasteiger partial charge in [0.05, 0.1) is 10.8 Å². The van der Waals surface area contributed by atoms with Gasteiger partial charge in [-0.25, -0.2) is 0 Å². The van der Waals surface area contributed by atoms with Gasteiger partial charge in [-0.05, 0) is 43.4 Å². The predicted molar refractivity (Wildman–Crippen MR) is 84.8 cm³/mol. The van der Waals surface area contributed by atoms with Crippen LogP contribution in [0.2, 0.25) is 0 Å². The molecule has 24 heavy (non-hydrogen) atoms. The number of amides is 1. The van der Waals surface area contributed by atoms with Crippen molar-refractivity contribution in [3.8, 4) is 0 Å². The quantitative estimate of drug-likeness (QED) is 0.817. The monoisotopic (exact) mass is 357 g/mol. The van der Waals surface area contributed by atoms with Crippen molar-refractivity contribution in [2.75, 3.05) is 13.1 Å². The van der Waals surface area contributed by atoms with Crippen LogP contribution >= 0.6 is 0 Å². The third-order valence-electron chi connectivity index (χ3n) is 4.37. The van der Waals surface area contributed by atoms with E-state index in [9.17, 15) is 21.9 Å². The van der Waals surface area contributed by atoms with E-state index in [1.807, 2.05) is 0 Å². The van der Waals surface area contributed by atoms with Crippen LogP contribution in [0.5, 0.6) is 0 Å². The molecule has 0 saturated carbocycles. The molecule has 0 aliphatic carbocycles. The maximum Gasteiger partial charge on any atom is 0.332 e. The molecule has 132 valence electrons. The molecule has 6 nitrogen and oxygen atoms in total. The highest BCUT2D eigenvalue weighted by Gasteiger charge is 2.26. The Hall–Kier alpha value is -1.96. The zero-order valence-electron chi connectivity index (χ0n) is 13.3. The Kier molecular flexibility index (Phi) is 5.58. The Morgan fingerprint density at radius 1 is 1.33 bits per heavy atom. The fourth-order valence-corrected chi connectivity index (χ4v) is 3.44. The van der Waals surface area contributed by atoms with Gasteiger partial charge >= 0.3 is 16.2 Å². The number of benzene rings is 1. The standard InChI is InChI=1S/C16H20FNO5S/c1-11(16(20)21)9-12-5-7-18(8-6-12)15(19)13-3-2-4-14(10-13)24(17,22)23/h2-4,10-12H,5-9H2,1H3,(H,20,21). The molecule has 1 aromatic carbocycles. The number of halogens is 1. The first kappa shape index (κ1) is 18.4. The smallest absolute Gasteiger partial charge is 0.332 e. The highest BCUT2D eigenvalue weighted by Crippen LogP contribution is 2.25. The number of hydrogen-bond donors (Lipinski definition) is 1. The number of carbonyl (C=O) groups is 2. The molecule has 0 aromatic heterocycles. The normalized spacial score (nSPS) is 17.5. The molecule has 8 heteroatoms. The largest absolute Gasteiger partial charge is 0.481 e. The first-order valence-corrected chi connectivity index (χ1v) is 9.13. The number of likely N-dealkylation sites (tertiary alicyclic amines) is 1. The zero-order chi connectivity index (χ0) is 17.9. The van der Waals surface area contributed by atoms with Crippen LogP contribution in [0.3, 0.4) is 0 Å². The van der Waals surface area contributed by atoms with Crippen LogP contribution in [-0.4, -0.2) is 43.4 Å². The molecule has 0 bridgehead atoms. The van der Waals surface area contributed by atoms with Crippen molar-refractivity contribution in [3.05, 3.63) is 29.8 Å². The molecular formula is C16H20FNO5S. The summed E-state index contributed by atoms with van der Waals surface area (Å²) in [5, 5.41) is 8.95. The Labute approximate surface area is 140 Å². The van der Waals surface area contributed by atoms with Crippen LogP contribution < -0.4 is 0 Å². The fourth-order valence-electron chi connectivity index (χ4n) is 2.94. The minimum absolute atomic E-state index is 0.131. The summed E-state index contributed by atoms with van der Waals surface area (Å²) in [6, 6.07) is 4.93. The summed E-state index contributed by atoms with van der Waals surface area (Å²) in [5.41, 5.74) is 0.131. The predicted octanol–water partition coefficient (Wildman–Crippen LogP) is 2.31. The van der Waals surface area contributed by atoms with Gasteiger partial charge in [0.25, 0.3) is 5.91 Å². The van der Waals surface area contributed by atoms with E-state index in [1.54, 1.807) is 11.8 Å². The third-order valence-corrected chi connectivity index (χ3v) is 5.19. The highest BCUT2D eigenvalue weighted by molar-refractivity contribution is 7.86. The first-order chi connectivity index (χ1) is 11.2. The molecule has 1 amide bonds. The number of rotatable bonds is 5. The van der Waals surface area contributed by atoms with E-state index in [0.717, 1.165) is 12.1 Å². The number of aliphatic carboxylic acids is 1. The number of carbonyl (C=O) groups excluding carboxylic acids is 1. The van der Waals surface area contributed by atoms with Gasteiger partial charge in [0, 0.05) is 18.7 Å². The summed E-state index contributed by atoms with van der Waals surface area (Å²) in [6.07, 6.45) is 1.97. The minimum atomic E-state index is -4.85. The van der Waals surface area contributed by atoms with E-state index in [1.165, 1.54) is 12.1 Å². The number of carboxylic acid groups (broad SMARTS) is 1. The van der Waals surface area contributed by atoms with Crippen LogP contribution in [-0.2, 0) is 15.0 Å². The lowest BCUT2D eigenvalue weighted by atomic mass is 9.88. The molecule has 0 radical (unpaired) electrons. The van der Waals surface area contributed by atoms with Gasteiger partial charge < -0.3 is 10.0 Å². The Morgan fingerprint density at radius 2 is 1.96 bits per heavy atom. The maximum atomic E-state index is 13.0. The van der Waals surface area contributed by atoms with Crippen molar-refractivity contribution in [1.82, 2.24) is 4.90 Å². The van der Waals surface area contributed by atoms with E-state index in [2.05, 4.69) is 0 Å². The van der Waals surface area contributed by atoms with Crippen molar-refractivity contribution in [3.63, 3.8) is 0 Å². The van der Waals surface area contributed by atoms with Gasteiger partial charge in [-0.1, -0.05) is 13.0 Å². The van der Waals surface area contributed by atoms with Crippen molar-refractivity contribution >= 4 is 22.1 Å². The molecule has 1 saturated heterocycles. The lowest BCUT2D eigenvalue weighted by Gasteiger charge is -2.32. The third kappa shape index (κ3) is 4.53. The van der Waals surface area contributed by atoms with E-state index < -0.39 is 27.0 Å². The van der Waals surface area contributed by atoms with Crippen LogP contribution in [0, 0.1) is 11.8 Å². The molecule has 1 N–H and O–H groups in total. The molecule has 1 fully saturated rings. The van der Waals surface area contributed by atoms with Crippen molar-refractivity contribution < 1.29 is 27.0 Å². The van der Waals surface area contributed by atoms with Crippen LogP contribution in [0.25, 0.3) is 0 Å². The number of piperidine rings is 1. The van der Waals surface area contributed by atoms with Crippen molar-refractivity contribution in [2.24, 2.45) is 11.8 Å². The lowest BCUT2D eigenvalue weighted by molar-refractivity contribution is -0.141. The molecule has 1 aromatic rings. The lowest BCUT2D eigenvalue weighted by Crippen LogP contribution is -2.39. The maximum absolute atomic E-state index is 13.0. The second kappa shape index (κ2) is 7.29. The fraction of sp³-hybridized carbons (Fsp3) is 0.500. The molecule has 1 atom stereocenters. The Balaban J connectivity index is 1.99. The second-order valence-corrected chi connectivity index (χ2v) is 7.52. The summed E-state index contributed by atoms with van der Waals surface area (Å²) < 4.78 is 34.9. The van der Waals surface area contributed by atoms with Gasteiger partial charge in [-0.3, -0.25) is 9.59 Å². The second-order valence-electron chi connectivity index (χ2n) is 6.18. The summed E-state index contributed by atoms with van der Waals surface area (Å²) in [5.74, 6) is -1.33. The average molecular weight is 357 g/mol. The van der Waals surface area contributed by atoms with E-state index in [4.69, 9.17) is 5.11 Å². The summed E-state index contributed by atoms with van der Waals surface area (Å²) in [4.78, 5) is 24.4. The summed E-state index contributed by atoms with van der Waals surface area (Å²) >= 11 is 0. The molecule has 1 heterocycles. The number of nitrogens with zero attached hydrogens (tertiary/aromatic N) is 1. The minimum Gasteiger partial charge on any atom is -0.481 e. The Bertz CT molecular complexity index is 726. The molecule has 1 aliphatic heterocycles. The van der Waals surface area contributed by atoms with E-state index in [0.29, 0.717) is 32.4 Å². The molecule has 2 rings (SSSR count). The van der Waals surface area contributed by atoms with Crippen LogP contribution in [0.15, 0.2) is 29.2 Å². The summed E-state index contributed by atoms with van der Waals surface area (Å²) in [7, 11) is -4.85. The zero-order valence-corrected chi connectivity index (χ0v) is 14.1. The van der Waals surface area contributed by atoms with Gasteiger partial charge in [0.1, 0.15) is 0 Å². The molecule has 0 spiro atoms. The molecular weight excluding hydrogens is 337 g/mol. The SMILES string of the molecule is CC(CC1CCN(C(=O)c2cccc(S(=O)(=O)F)c2)CC1)C(=O)O. The van der Waals surface area contributed by atoms with Crippen molar-refractivity contribution in [2.45, 2.75) is 31.1 Å². The van der Waals surface area contributed by atoms with Crippen LogP contribution in [0.4, 0.5) is 3.89 Å². The number of carboxylic acids is 1. The number of hydrogen-bond acceptors (Lipinski definition) is 4.